The Morgan fingerprint density at radius 3 is 2.48 bits per heavy atom. The standard InChI is InChI=1S/C17H23N3O3/c1-10-5-6-11(2)13(7-10)17(23)20-8-14(16(22)18-4)15(9-20)19-12(3)21/h5-7,14-15H,8-9H2,1-4H3,(H,18,22)(H,19,21)/t14-,15-/m0/s1. The summed E-state index contributed by atoms with van der Waals surface area (Å²) in [6.07, 6.45) is 0. The maximum Gasteiger partial charge on any atom is 0.254 e. The van der Waals surface area contributed by atoms with E-state index in [-0.39, 0.29) is 23.8 Å². The van der Waals surface area contributed by atoms with Crippen molar-refractivity contribution in [1.29, 1.82) is 0 Å². The summed E-state index contributed by atoms with van der Waals surface area (Å²) >= 11 is 0. The first kappa shape index (κ1) is 17.0. The van der Waals surface area contributed by atoms with Gasteiger partial charge in [0.2, 0.25) is 11.8 Å². The van der Waals surface area contributed by atoms with Crippen molar-refractivity contribution in [3.8, 4) is 0 Å². The molecule has 0 saturated carbocycles. The molecule has 0 unspecified atom stereocenters. The lowest BCUT2D eigenvalue weighted by atomic mass is 10.0. The van der Waals surface area contributed by atoms with E-state index in [4.69, 9.17) is 0 Å². The predicted octanol–water partition coefficient (Wildman–Crippen LogP) is 0.626. The van der Waals surface area contributed by atoms with Crippen LogP contribution in [-0.2, 0) is 9.59 Å². The Balaban J connectivity index is 2.23. The number of nitrogens with zero attached hydrogens (tertiary/aromatic N) is 1. The maximum atomic E-state index is 12.8. The van der Waals surface area contributed by atoms with Gasteiger partial charge in [-0.1, -0.05) is 17.7 Å². The third kappa shape index (κ3) is 3.70. The molecule has 0 aromatic heterocycles. The number of nitrogens with one attached hydrogen (secondary N) is 2. The highest BCUT2D eigenvalue weighted by Gasteiger charge is 2.40. The van der Waals surface area contributed by atoms with Crippen LogP contribution in [0.5, 0.6) is 0 Å². The van der Waals surface area contributed by atoms with Crippen LogP contribution in [0.25, 0.3) is 0 Å². The fraction of sp³-hybridized carbons (Fsp3) is 0.471. The number of benzene rings is 1. The molecule has 0 spiro atoms. The number of likely N-dealkylation sites (tertiary alicyclic amines) is 1. The van der Waals surface area contributed by atoms with Crippen molar-refractivity contribution in [1.82, 2.24) is 15.5 Å². The largest absolute Gasteiger partial charge is 0.359 e. The second-order valence-electron chi connectivity index (χ2n) is 6.06. The first-order chi connectivity index (χ1) is 10.8. The first-order valence-corrected chi connectivity index (χ1v) is 7.68. The number of carbonyl (C=O) groups is 3. The lowest BCUT2D eigenvalue weighted by Gasteiger charge is -2.18. The van der Waals surface area contributed by atoms with Gasteiger partial charge in [0.05, 0.1) is 12.0 Å². The van der Waals surface area contributed by atoms with Crippen LogP contribution in [0, 0.1) is 19.8 Å². The molecule has 1 fully saturated rings. The van der Waals surface area contributed by atoms with Crippen LogP contribution in [0.2, 0.25) is 0 Å². The van der Waals surface area contributed by atoms with Gasteiger partial charge in [-0.15, -0.1) is 0 Å². The number of amides is 3. The van der Waals surface area contributed by atoms with E-state index in [1.165, 1.54) is 6.92 Å². The smallest absolute Gasteiger partial charge is 0.254 e. The van der Waals surface area contributed by atoms with Crippen molar-refractivity contribution in [2.75, 3.05) is 20.1 Å². The molecule has 0 radical (unpaired) electrons. The summed E-state index contributed by atoms with van der Waals surface area (Å²) in [5.74, 6) is -0.907. The third-order valence-electron chi connectivity index (χ3n) is 4.20. The van der Waals surface area contributed by atoms with E-state index >= 15 is 0 Å². The van der Waals surface area contributed by atoms with Crippen LogP contribution >= 0.6 is 0 Å². The van der Waals surface area contributed by atoms with Gasteiger partial charge < -0.3 is 15.5 Å². The molecule has 2 N–H and O–H groups in total. The van der Waals surface area contributed by atoms with Gasteiger partial charge in [-0.3, -0.25) is 14.4 Å². The Morgan fingerprint density at radius 2 is 1.87 bits per heavy atom. The van der Waals surface area contributed by atoms with Crippen LogP contribution in [0.15, 0.2) is 18.2 Å². The quantitative estimate of drug-likeness (QED) is 0.858. The Labute approximate surface area is 136 Å². The highest BCUT2D eigenvalue weighted by molar-refractivity contribution is 5.96. The molecule has 124 valence electrons. The zero-order chi connectivity index (χ0) is 17.1. The number of rotatable bonds is 3. The summed E-state index contributed by atoms with van der Waals surface area (Å²) < 4.78 is 0. The summed E-state index contributed by atoms with van der Waals surface area (Å²) in [5, 5.41) is 5.38. The molecule has 6 nitrogen and oxygen atoms in total. The van der Waals surface area contributed by atoms with E-state index in [0.717, 1.165) is 11.1 Å². The fourth-order valence-electron chi connectivity index (χ4n) is 2.96. The molecule has 2 rings (SSSR count). The summed E-state index contributed by atoms with van der Waals surface area (Å²) in [6, 6.07) is 5.38. The first-order valence-electron chi connectivity index (χ1n) is 7.68. The summed E-state index contributed by atoms with van der Waals surface area (Å²) in [5.41, 5.74) is 2.56. The van der Waals surface area contributed by atoms with Crippen LogP contribution in [-0.4, -0.2) is 48.8 Å². The minimum Gasteiger partial charge on any atom is -0.359 e. The molecule has 1 aliphatic rings. The second kappa shape index (κ2) is 6.81. The highest BCUT2D eigenvalue weighted by atomic mass is 16.2. The number of hydrogen-bond acceptors (Lipinski definition) is 3. The Morgan fingerprint density at radius 1 is 1.17 bits per heavy atom. The second-order valence-corrected chi connectivity index (χ2v) is 6.06. The van der Waals surface area contributed by atoms with Gasteiger partial charge in [-0.2, -0.15) is 0 Å². The molecule has 0 bridgehead atoms. The van der Waals surface area contributed by atoms with E-state index in [1.807, 2.05) is 32.0 Å². The third-order valence-corrected chi connectivity index (χ3v) is 4.20. The van der Waals surface area contributed by atoms with Gasteiger partial charge in [0.15, 0.2) is 0 Å². The average molecular weight is 317 g/mol. The van der Waals surface area contributed by atoms with Gasteiger partial charge in [0.1, 0.15) is 0 Å². The SMILES string of the molecule is CNC(=O)[C@H]1CN(C(=O)c2cc(C)ccc2C)C[C@@H]1NC(C)=O. The van der Waals surface area contributed by atoms with Gasteiger partial charge in [0.25, 0.3) is 5.91 Å². The summed E-state index contributed by atoms with van der Waals surface area (Å²) in [6.45, 7) is 5.88. The van der Waals surface area contributed by atoms with Crippen molar-refractivity contribution < 1.29 is 14.4 Å². The monoisotopic (exact) mass is 317 g/mol. The van der Waals surface area contributed by atoms with Crippen molar-refractivity contribution >= 4 is 17.7 Å². The zero-order valence-electron chi connectivity index (χ0n) is 14.0. The zero-order valence-corrected chi connectivity index (χ0v) is 14.0. The molecular weight excluding hydrogens is 294 g/mol. The van der Waals surface area contributed by atoms with Crippen molar-refractivity contribution in [3.63, 3.8) is 0 Å². The molecule has 3 amide bonds. The number of aryl methyl sites for hydroxylation is 2. The minimum absolute atomic E-state index is 0.104. The lowest BCUT2D eigenvalue weighted by molar-refractivity contribution is -0.125. The summed E-state index contributed by atoms with van der Waals surface area (Å²) in [4.78, 5) is 37.8. The molecule has 0 aliphatic carbocycles. The number of carbonyl (C=O) groups excluding carboxylic acids is 3. The lowest BCUT2D eigenvalue weighted by Crippen LogP contribution is -2.44. The van der Waals surface area contributed by atoms with Gasteiger partial charge in [-0.05, 0) is 25.5 Å². The molecule has 2 atom stereocenters. The Bertz CT molecular complexity index is 642. The molecule has 1 aliphatic heterocycles. The van der Waals surface area contributed by atoms with Crippen LogP contribution < -0.4 is 10.6 Å². The van der Waals surface area contributed by atoms with Crippen LogP contribution in [0.3, 0.4) is 0 Å². The Hall–Kier alpha value is -2.37. The summed E-state index contributed by atoms with van der Waals surface area (Å²) in [7, 11) is 1.56. The molecule has 1 aromatic carbocycles. The van der Waals surface area contributed by atoms with E-state index < -0.39 is 5.92 Å². The molecule has 1 saturated heterocycles. The normalized spacial score (nSPS) is 20.3. The average Bonchev–Trinajstić information content (AvgIpc) is 2.91. The van der Waals surface area contributed by atoms with E-state index in [2.05, 4.69) is 10.6 Å². The molecule has 6 heteroatoms. The van der Waals surface area contributed by atoms with Gasteiger partial charge in [-0.25, -0.2) is 0 Å². The van der Waals surface area contributed by atoms with Crippen molar-refractivity contribution in [2.45, 2.75) is 26.8 Å². The van der Waals surface area contributed by atoms with Crippen molar-refractivity contribution in [2.24, 2.45) is 5.92 Å². The van der Waals surface area contributed by atoms with E-state index in [1.54, 1.807) is 11.9 Å². The van der Waals surface area contributed by atoms with Gasteiger partial charge >= 0.3 is 0 Å². The van der Waals surface area contributed by atoms with Crippen molar-refractivity contribution in [3.05, 3.63) is 34.9 Å². The van der Waals surface area contributed by atoms with Crippen LogP contribution in [0.4, 0.5) is 0 Å². The van der Waals surface area contributed by atoms with E-state index in [0.29, 0.717) is 18.7 Å². The topological polar surface area (TPSA) is 78.5 Å². The molecule has 1 aromatic rings. The number of hydrogen-bond donors (Lipinski definition) is 2. The highest BCUT2D eigenvalue weighted by Crippen LogP contribution is 2.22. The fourth-order valence-corrected chi connectivity index (χ4v) is 2.96. The van der Waals surface area contributed by atoms with E-state index in [9.17, 15) is 14.4 Å². The molecule has 23 heavy (non-hydrogen) atoms. The molecular formula is C17H23N3O3. The predicted molar refractivity (Wildman–Crippen MR) is 87.0 cm³/mol. The maximum absolute atomic E-state index is 12.8. The molecule has 1 heterocycles. The minimum atomic E-state index is -0.432. The Kier molecular flexibility index (Phi) is 5.03. The van der Waals surface area contributed by atoms with Gasteiger partial charge in [0, 0.05) is 32.6 Å². The van der Waals surface area contributed by atoms with Crippen LogP contribution in [0.1, 0.15) is 28.4 Å².